The Bertz CT molecular complexity index is 448. The fourth-order valence-electron chi connectivity index (χ4n) is 2.89. The molecule has 1 N–H and O–H groups in total. The van der Waals surface area contributed by atoms with Gasteiger partial charge in [0.15, 0.2) is 0 Å². The van der Waals surface area contributed by atoms with Crippen LogP contribution in [0.2, 0.25) is 5.02 Å². The van der Waals surface area contributed by atoms with Gasteiger partial charge in [0.2, 0.25) is 0 Å². The lowest BCUT2D eigenvalue weighted by Gasteiger charge is -2.15. The molecule has 0 amide bonds. The molecule has 19 heavy (non-hydrogen) atoms. The maximum atomic E-state index is 6.03. The first-order valence-electron chi connectivity index (χ1n) is 7.11. The van der Waals surface area contributed by atoms with Gasteiger partial charge in [-0.3, -0.25) is 0 Å². The maximum Gasteiger partial charge on any atom is 0.0410 e. The van der Waals surface area contributed by atoms with Crippen molar-refractivity contribution in [3.8, 4) is 0 Å². The van der Waals surface area contributed by atoms with Crippen LogP contribution in [0.1, 0.15) is 24.8 Å². The molecular weight excluding hydrogens is 324 g/mol. The topological polar surface area (TPSA) is 15.3 Å². The molecular formula is C15H20BrClN2. The number of nitrogens with zero attached hydrogens (tertiary/aromatic N) is 1. The van der Waals surface area contributed by atoms with Gasteiger partial charge in [-0.2, -0.15) is 0 Å². The Labute approximate surface area is 128 Å². The summed E-state index contributed by atoms with van der Waals surface area (Å²) in [5.41, 5.74) is 1.24. The van der Waals surface area contributed by atoms with Crippen LogP contribution in [0.5, 0.6) is 0 Å². The van der Waals surface area contributed by atoms with Crippen molar-refractivity contribution in [3.05, 3.63) is 33.3 Å². The van der Waals surface area contributed by atoms with Crippen LogP contribution in [-0.4, -0.2) is 30.6 Å². The van der Waals surface area contributed by atoms with Gasteiger partial charge in [-0.1, -0.05) is 27.5 Å². The van der Waals surface area contributed by atoms with E-state index < -0.39 is 0 Å². The zero-order valence-electron chi connectivity index (χ0n) is 11.0. The fraction of sp³-hybridized carbons (Fsp3) is 0.600. The lowest BCUT2D eigenvalue weighted by Crippen LogP contribution is -2.27. The van der Waals surface area contributed by atoms with Gasteiger partial charge < -0.3 is 10.2 Å². The first kappa shape index (κ1) is 13.9. The lowest BCUT2D eigenvalue weighted by atomic mass is 10.1. The number of halogens is 2. The van der Waals surface area contributed by atoms with Gasteiger partial charge in [0.25, 0.3) is 0 Å². The fourth-order valence-corrected chi connectivity index (χ4v) is 3.47. The molecule has 1 saturated carbocycles. The third-order valence-corrected chi connectivity index (χ3v) is 5.15. The molecule has 1 unspecified atom stereocenters. The molecule has 1 aromatic rings. The molecule has 4 heteroatoms. The van der Waals surface area contributed by atoms with E-state index in [2.05, 4.69) is 26.1 Å². The molecule has 0 bridgehead atoms. The van der Waals surface area contributed by atoms with E-state index in [9.17, 15) is 0 Å². The molecule has 2 nitrogen and oxygen atoms in total. The third-order valence-electron chi connectivity index (χ3n) is 4.14. The first-order valence-corrected chi connectivity index (χ1v) is 8.28. The summed E-state index contributed by atoms with van der Waals surface area (Å²) >= 11 is 9.60. The number of hydrogen-bond donors (Lipinski definition) is 1. The zero-order valence-corrected chi connectivity index (χ0v) is 13.4. The number of benzene rings is 1. The number of likely N-dealkylation sites (tertiary alicyclic amines) is 1. The summed E-state index contributed by atoms with van der Waals surface area (Å²) in [6.07, 6.45) is 4.20. The Kier molecular flexibility index (Phi) is 4.47. The van der Waals surface area contributed by atoms with Gasteiger partial charge in [0.1, 0.15) is 0 Å². The Morgan fingerprint density at radius 1 is 1.32 bits per heavy atom. The predicted octanol–water partition coefficient (Wildman–Crippen LogP) is 3.68. The predicted molar refractivity (Wildman–Crippen MR) is 83.6 cm³/mol. The summed E-state index contributed by atoms with van der Waals surface area (Å²) in [5, 5.41) is 4.38. The van der Waals surface area contributed by atoms with E-state index in [0.717, 1.165) is 34.5 Å². The number of rotatable bonds is 5. The minimum Gasteiger partial charge on any atom is -0.312 e. The second-order valence-corrected chi connectivity index (χ2v) is 7.04. The largest absolute Gasteiger partial charge is 0.312 e. The molecule has 1 heterocycles. The average molecular weight is 344 g/mol. The molecule has 1 aliphatic carbocycles. The van der Waals surface area contributed by atoms with Crippen LogP contribution in [-0.2, 0) is 6.54 Å². The van der Waals surface area contributed by atoms with Crippen molar-refractivity contribution in [2.75, 3.05) is 19.6 Å². The molecule has 1 atom stereocenters. The Balaban J connectivity index is 1.44. The summed E-state index contributed by atoms with van der Waals surface area (Å²) in [6, 6.07) is 6.89. The Hall–Kier alpha value is -0.0900. The second kappa shape index (κ2) is 6.13. The minimum absolute atomic E-state index is 0.806. The highest BCUT2D eigenvalue weighted by Crippen LogP contribution is 2.31. The van der Waals surface area contributed by atoms with Gasteiger partial charge in [-0.05, 0) is 62.0 Å². The van der Waals surface area contributed by atoms with Crippen molar-refractivity contribution in [1.82, 2.24) is 10.2 Å². The number of nitrogens with one attached hydrogen (secondary N) is 1. The average Bonchev–Trinajstić information content (AvgIpc) is 3.14. The molecule has 1 aromatic carbocycles. The van der Waals surface area contributed by atoms with E-state index in [1.54, 1.807) is 0 Å². The van der Waals surface area contributed by atoms with E-state index in [1.165, 1.54) is 37.9 Å². The lowest BCUT2D eigenvalue weighted by molar-refractivity contribution is 0.312. The molecule has 0 aromatic heterocycles. The summed E-state index contributed by atoms with van der Waals surface area (Å²) < 4.78 is 1.13. The second-order valence-electron chi connectivity index (χ2n) is 5.75. The van der Waals surface area contributed by atoms with Crippen LogP contribution >= 0.6 is 27.5 Å². The monoisotopic (exact) mass is 342 g/mol. The third kappa shape index (κ3) is 3.72. The molecule has 1 aliphatic heterocycles. The van der Waals surface area contributed by atoms with Crippen molar-refractivity contribution in [2.24, 2.45) is 5.92 Å². The molecule has 0 spiro atoms. The normalized spacial score (nSPS) is 24.0. The van der Waals surface area contributed by atoms with Gasteiger partial charge >= 0.3 is 0 Å². The van der Waals surface area contributed by atoms with Gasteiger partial charge in [0.05, 0.1) is 0 Å². The highest BCUT2D eigenvalue weighted by molar-refractivity contribution is 9.10. The number of hydrogen-bond acceptors (Lipinski definition) is 2. The van der Waals surface area contributed by atoms with Crippen molar-refractivity contribution < 1.29 is 0 Å². The van der Waals surface area contributed by atoms with Gasteiger partial charge in [-0.15, -0.1) is 0 Å². The van der Waals surface area contributed by atoms with Crippen molar-refractivity contribution >= 4 is 27.5 Å². The Morgan fingerprint density at radius 3 is 2.95 bits per heavy atom. The van der Waals surface area contributed by atoms with Crippen LogP contribution in [0, 0.1) is 5.92 Å². The van der Waals surface area contributed by atoms with Crippen LogP contribution in [0.3, 0.4) is 0 Å². The van der Waals surface area contributed by atoms with Crippen LogP contribution < -0.4 is 5.32 Å². The highest BCUT2D eigenvalue weighted by atomic mass is 79.9. The van der Waals surface area contributed by atoms with Gasteiger partial charge in [-0.25, -0.2) is 0 Å². The summed E-state index contributed by atoms with van der Waals surface area (Å²) in [4.78, 5) is 2.67. The quantitative estimate of drug-likeness (QED) is 0.877. The first-order chi connectivity index (χ1) is 9.22. The van der Waals surface area contributed by atoms with Gasteiger partial charge in [0, 0.05) is 28.6 Å². The molecule has 2 fully saturated rings. The van der Waals surface area contributed by atoms with Crippen LogP contribution in [0.15, 0.2) is 22.7 Å². The van der Waals surface area contributed by atoms with Crippen molar-refractivity contribution in [2.45, 2.75) is 31.8 Å². The van der Waals surface area contributed by atoms with E-state index in [1.807, 2.05) is 18.2 Å². The van der Waals surface area contributed by atoms with Crippen LogP contribution in [0.4, 0.5) is 0 Å². The van der Waals surface area contributed by atoms with Crippen LogP contribution in [0.25, 0.3) is 0 Å². The van der Waals surface area contributed by atoms with E-state index in [0.29, 0.717) is 0 Å². The SMILES string of the molecule is Clc1ccc(Br)c(CNCC2CCN(C3CC3)C2)c1. The molecule has 1 saturated heterocycles. The smallest absolute Gasteiger partial charge is 0.0410 e. The van der Waals surface area contributed by atoms with E-state index in [4.69, 9.17) is 11.6 Å². The zero-order chi connectivity index (χ0) is 13.2. The van der Waals surface area contributed by atoms with E-state index >= 15 is 0 Å². The molecule has 2 aliphatic rings. The molecule has 104 valence electrons. The molecule has 3 rings (SSSR count). The van der Waals surface area contributed by atoms with E-state index in [-0.39, 0.29) is 0 Å². The van der Waals surface area contributed by atoms with Crippen molar-refractivity contribution in [1.29, 1.82) is 0 Å². The summed E-state index contributed by atoms with van der Waals surface area (Å²) in [7, 11) is 0. The highest BCUT2D eigenvalue weighted by Gasteiger charge is 2.33. The molecule has 0 radical (unpaired) electrons. The Morgan fingerprint density at radius 2 is 2.16 bits per heavy atom. The summed E-state index contributed by atoms with van der Waals surface area (Å²) in [5.74, 6) is 0.818. The minimum atomic E-state index is 0.806. The summed E-state index contributed by atoms with van der Waals surface area (Å²) in [6.45, 7) is 4.59. The maximum absolute atomic E-state index is 6.03. The van der Waals surface area contributed by atoms with Crippen molar-refractivity contribution in [3.63, 3.8) is 0 Å². The standard InChI is InChI=1S/C15H20BrClN2/c16-15-4-1-13(17)7-12(15)9-18-8-11-5-6-19(10-11)14-2-3-14/h1,4,7,11,14,18H,2-3,5-6,8-10H2.